The number of hydrogen-bond acceptors (Lipinski definition) is 6. The average Bonchev–Trinajstić information content (AvgIpc) is 3.12. The van der Waals surface area contributed by atoms with Crippen LogP contribution in [0.2, 0.25) is 5.02 Å². The number of nitrogens with zero attached hydrogens (tertiary/aromatic N) is 5. The summed E-state index contributed by atoms with van der Waals surface area (Å²) in [7, 11) is 0. The molecule has 0 saturated carbocycles. The van der Waals surface area contributed by atoms with Gasteiger partial charge in [0.15, 0.2) is 0 Å². The quantitative estimate of drug-likeness (QED) is 0.570. The van der Waals surface area contributed by atoms with Gasteiger partial charge in [-0.3, -0.25) is 14.5 Å². The first-order valence-electron chi connectivity index (χ1n) is 9.67. The number of carbonyl (C=O) groups excluding carboxylic acids is 2. The maximum absolute atomic E-state index is 13.2. The van der Waals surface area contributed by atoms with Gasteiger partial charge in [0, 0.05) is 17.1 Å². The molecule has 1 atom stereocenters. The van der Waals surface area contributed by atoms with Crippen molar-refractivity contribution in [1.82, 2.24) is 25.1 Å². The molecular weight excluding hydrogens is 422 g/mol. The molecular formula is C21H20ClN5O2S. The number of hydrogen-bond donors (Lipinski definition) is 0. The van der Waals surface area contributed by atoms with Crippen LogP contribution in [0.25, 0.3) is 5.69 Å². The van der Waals surface area contributed by atoms with Crippen LogP contribution in [0.5, 0.6) is 0 Å². The number of imide groups is 1. The Bertz CT molecular complexity index is 1070. The highest BCUT2D eigenvalue weighted by molar-refractivity contribution is 8.00. The smallest absolute Gasteiger partial charge is 0.260 e. The third kappa shape index (κ3) is 4.24. The molecule has 0 radical (unpaired) electrons. The summed E-state index contributed by atoms with van der Waals surface area (Å²) in [6.07, 6.45) is 2.28. The summed E-state index contributed by atoms with van der Waals surface area (Å²) < 4.78 is 1.64. The van der Waals surface area contributed by atoms with Crippen LogP contribution in [0, 0.1) is 6.92 Å². The molecule has 0 N–H and O–H groups in total. The monoisotopic (exact) mass is 441 g/mol. The number of rotatable bonds is 4. The molecule has 2 amide bonds. The number of tetrazole rings is 1. The first-order valence-corrected chi connectivity index (χ1v) is 10.9. The predicted octanol–water partition coefficient (Wildman–Crippen LogP) is 3.94. The fourth-order valence-electron chi connectivity index (χ4n) is 3.40. The molecule has 3 aromatic rings. The maximum Gasteiger partial charge on any atom is 0.260 e. The van der Waals surface area contributed by atoms with E-state index in [1.54, 1.807) is 28.9 Å². The van der Waals surface area contributed by atoms with Crippen LogP contribution in [-0.4, -0.2) is 48.7 Å². The number of benzene rings is 2. The van der Waals surface area contributed by atoms with Gasteiger partial charge in [-0.15, -0.1) is 5.10 Å². The van der Waals surface area contributed by atoms with Gasteiger partial charge in [0.2, 0.25) is 11.1 Å². The number of aryl methyl sites for hydroxylation is 1. The molecule has 154 valence electrons. The van der Waals surface area contributed by atoms with E-state index in [4.69, 9.17) is 11.6 Å². The molecule has 4 rings (SSSR count). The van der Waals surface area contributed by atoms with E-state index in [0.717, 1.165) is 24.1 Å². The fraction of sp³-hybridized carbons (Fsp3) is 0.286. The molecule has 0 aliphatic carbocycles. The summed E-state index contributed by atoms with van der Waals surface area (Å²) in [6.45, 7) is 2.38. The van der Waals surface area contributed by atoms with Crippen LogP contribution in [0.1, 0.15) is 35.2 Å². The van der Waals surface area contributed by atoms with Crippen molar-refractivity contribution < 1.29 is 9.59 Å². The second-order valence-electron chi connectivity index (χ2n) is 7.06. The molecule has 1 saturated heterocycles. The summed E-state index contributed by atoms with van der Waals surface area (Å²) in [5.41, 5.74) is 2.33. The Morgan fingerprint density at radius 2 is 1.90 bits per heavy atom. The lowest BCUT2D eigenvalue weighted by molar-refractivity contribution is -0.127. The molecule has 0 unspecified atom stereocenters. The third-order valence-corrected chi connectivity index (χ3v) is 6.45. The second-order valence-corrected chi connectivity index (χ2v) is 8.67. The number of likely N-dealkylation sites (tertiary alicyclic amines) is 1. The highest BCUT2D eigenvalue weighted by Gasteiger charge is 2.33. The molecule has 1 aliphatic rings. The number of amides is 2. The average molecular weight is 442 g/mol. The molecule has 30 heavy (non-hydrogen) atoms. The van der Waals surface area contributed by atoms with Crippen LogP contribution in [0.3, 0.4) is 0 Å². The minimum atomic E-state index is -0.433. The first kappa shape index (κ1) is 20.6. The Morgan fingerprint density at radius 3 is 2.67 bits per heavy atom. The normalized spacial score (nSPS) is 17.1. The van der Waals surface area contributed by atoms with Gasteiger partial charge in [0.1, 0.15) is 0 Å². The van der Waals surface area contributed by atoms with Crippen molar-refractivity contribution >= 4 is 35.2 Å². The van der Waals surface area contributed by atoms with Crippen molar-refractivity contribution in [2.24, 2.45) is 0 Å². The fourth-order valence-corrected chi connectivity index (χ4v) is 4.61. The van der Waals surface area contributed by atoms with E-state index in [9.17, 15) is 9.59 Å². The van der Waals surface area contributed by atoms with E-state index in [0.29, 0.717) is 28.7 Å². The van der Waals surface area contributed by atoms with E-state index in [1.807, 2.05) is 31.2 Å². The first-order chi connectivity index (χ1) is 14.5. The number of halogens is 1. The highest BCUT2D eigenvalue weighted by atomic mass is 35.5. The van der Waals surface area contributed by atoms with E-state index >= 15 is 0 Å². The molecule has 9 heteroatoms. The molecule has 0 spiro atoms. The number of aromatic nitrogens is 4. The SMILES string of the molecule is Cc1ccccc1-n1nnnc1S[C@@H]1CCCCN(C(=O)c2ccc(Cl)cc2)C1=O. The molecule has 2 aromatic carbocycles. The summed E-state index contributed by atoms with van der Waals surface area (Å²) in [6, 6.07) is 14.4. The maximum atomic E-state index is 13.2. The van der Waals surface area contributed by atoms with E-state index in [-0.39, 0.29) is 11.8 Å². The predicted molar refractivity (Wildman–Crippen MR) is 115 cm³/mol. The Kier molecular flexibility index (Phi) is 6.15. The number of para-hydroxylation sites is 1. The zero-order valence-electron chi connectivity index (χ0n) is 16.4. The van der Waals surface area contributed by atoms with Gasteiger partial charge in [0.05, 0.1) is 10.9 Å². The van der Waals surface area contributed by atoms with Gasteiger partial charge in [-0.05, 0) is 66.1 Å². The van der Waals surface area contributed by atoms with E-state index in [2.05, 4.69) is 15.5 Å². The van der Waals surface area contributed by atoms with Crippen LogP contribution < -0.4 is 0 Å². The minimum absolute atomic E-state index is 0.211. The van der Waals surface area contributed by atoms with Gasteiger partial charge < -0.3 is 0 Å². The summed E-state index contributed by atoms with van der Waals surface area (Å²) in [5.74, 6) is -0.514. The second kappa shape index (κ2) is 8.97. The Hall–Kier alpha value is -2.71. The van der Waals surface area contributed by atoms with Crippen molar-refractivity contribution in [1.29, 1.82) is 0 Å². The zero-order chi connectivity index (χ0) is 21.1. The van der Waals surface area contributed by atoms with Crippen LogP contribution in [-0.2, 0) is 4.79 Å². The largest absolute Gasteiger partial charge is 0.278 e. The topological polar surface area (TPSA) is 81.0 Å². The van der Waals surface area contributed by atoms with Crippen molar-refractivity contribution in [2.45, 2.75) is 36.6 Å². The summed E-state index contributed by atoms with van der Waals surface area (Å²) in [5, 5.41) is 12.7. The molecule has 7 nitrogen and oxygen atoms in total. The minimum Gasteiger partial charge on any atom is -0.278 e. The summed E-state index contributed by atoms with van der Waals surface area (Å²) in [4.78, 5) is 27.6. The molecule has 2 heterocycles. The number of carbonyl (C=O) groups is 2. The van der Waals surface area contributed by atoms with Gasteiger partial charge in [0.25, 0.3) is 5.91 Å². The third-order valence-electron chi connectivity index (χ3n) is 5.01. The molecule has 1 fully saturated rings. The van der Waals surface area contributed by atoms with Crippen molar-refractivity contribution in [3.8, 4) is 5.69 Å². The molecule has 1 aliphatic heterocycles. The van der Waals surface area contributed by atoms with E-state index < -0.39 is 5.25 Å². The van der Waals surface area contributed by atoms with Gasteiger partial charge in [-0.1, -0.05) is 48.0 Å². The van der Waals surface area contributed by atoms with Crippen LogP contribution >= 0.6 is 23.4 Å². The van der Waals surface area contributed by atoms with Crippen LogP contribution in [0.4, 0.5) is 0 Å². The lowest BCUT2D eigenvalue weighted by Crippen LogP contribution is -2.41. The van der Waals surface area contributed by atoms with Crippen molar-refractivity contribution in [2.75, 3.05) is 6.54 Å². The Morgan fingerprint density at radius 1 is 1.13 bits per heavy atom. The summed E-state index contributed by atoms with van der Waals surface area (Å²) >= 11 is 7.22. The highest BCUT2D eigenvalue weighted by Crippen LogP contribution is 2.31. The Balaban J connectivity index is 1.57. The van der Waals surface area contributed by atoms with Crippen LogP contribution in [0.15, 0.2) is 53.7 Å². The van der Waals surface area contributed by atoms with Gasteiger partial charge >= 0.3 is 0 Å². The molecule has 0 bridgehead atoms. The standard InChI is InChI=1S/C21H20ClN5O2S/c1-14-6-2-3-7-17(14)27-21(23-24-25-27)30-18-8-4-5-13-26(20(18)29)19(28)15-9-11-16(22)12-10-15/h2-3,6-7,9-12,18H,4-5,8,13H2,1H3/t18-/m1/s1. The van der Waals surface area contributed by atoms with E-state index in [1.165, 1.54) is 16.7 Å². The van der Waals surface area contributed by atoms with Gasteiger partial charge in [-0.2, -0.15) is 4.68 Å². The van der Waals surface area contributed by atoms with Crippen molar-refractivity contribution in [3.63, 3.8) is 0 Å². The Labute approximate surface area is 183 Å². The van der Waals surface area contributed by atoms with Gasteiger partial charge in [-0.25, -0.2) is 0 Å². The molecule has 1 aromatic heterocycles. The number of thioether (sulfide) groups is 1. The zero-order valence-corrected chi connectivity index (χ0v) is 17.9. The van der Waals surface area contributed by atoms with Crippen molar-refractivity contribution in [3.05, 3.63) is 64.7 Å². The lowest BCUT2D eigenvalue weighted by atomic mass is 10.2. The lowest BCUT2D eigenvalue weighted by Gasteiger charge is -2.22.